The predicted octanol–water partition coefficient (Wildman–Crippen LogP) is 3.72. The number of halogens is 4. The Kier molecular flexibility index (Phi) is 7.39. The van der Waals surface area contributed by atoms with Crippen molar-refractivity contribution in [1.29, 1.82) is 0 Å². The van der Waals surface area contributed by atoms with Crippen molar-refractivity contribution >= 4 is 23.3 Å². The molecular weight excluding hydrogens is 376 g/mol. The van der Waals surface area contributed by atoms with E-state index in [0.29, 0.717) is 13.0 Å². The van der Waals surface area contributed by atoms with Crippen LogP contribution in [0.3, 0.4) is 0 Å². The SMILES string of the molecule is O=C(/C=C/c1ccc(OC(F)F)cc1OC(F)F)NCCc1nccs1. The molecule has 0 aliphatic heterocycles. The van der Waals surface area contributed by atoms with E-state index in [0.717, 1.165) is 23.2 Å². The van der Waals surface area contributed by atoms with Crippen molar-refractivity contribution in [3.8, 4) is 11.5 Å². The molecule has 0 aliphatic rings. The highest BCUT2D eigenvalue weighted by molar-refractivity contribution is 7.09. The van der Waals surface area contributed by atoms with Crippen molar-refractivity contribution in [2.24, 2.45) is 0 Å². The third-order valence-corrected chi connectivity index (χ3v) is 3.80. The molecule has 5 nitrogen and oxygen atoms in total. The number of benzene rings is 1. The van der Waals surface area contributed by atoms with Crippen LogP contribution in [-0.4, -0.2) is 30.7 Å². The first-order chi connectivity index (χ1) is 12.4. The van der Waals surface area contributed by atoms with Gasteiger partial charge in [0.2, 0.25) is 5.91 Å². The zero-order valence-corrected chi connectivity index (χ0v) is 14.0. The maximum absolute atomic E-state index is 12.5. The van der Waals surface area contributed by atoms with Crippen LogP contribution in [0.4, 0.5) is 17.6 Å². The molecular formula is C16H14F4N2O3S. The number of ether oxygens (including phenoxy) is 2. The Morgan fingerprint density at radius 2 is 2.00 bits per heavy atom. The highest BCUT2D eigenvalue weighted by Crippen LogP contribution is 2.28. The van der Waals surface area contributed by atoms with Gasteiger partial charge in [-0.3, -0.25) is 4.79 Å². The monoisotopic (exact) mass is 390 g/mol. The summed E-state index contributed by atoms with van der Waals surface area (Å²) < 4.78 is 57.8. The summed E-state index contributed by atoms with van der Waals surface area (Å²) in [5.41, 5.74) is 0.113. The van der Waals surface area contributed by atoms with Crippen LogP contribution in [-0.2, 0) is 11.2 Å². The van der Waals surface area contributed by atoms with E-state index in [-0.39, 0.29) is 17.1 Å². The van der Waals surface area contributed by atoms with Crippen molar-refractivity contribution in [2.45, 2.75) is 19.6 Å². The molecule has 26 heavy (non-hydrogen) atoms. The number of rotatable bonds is 9. The van der Waals surface area contributed by atoms with Gasteiger partial charge in [-0.05, 0) is 18.2 Å². The smallest absolute Gasteiger partial charge is 0.387 e. The second-order valence-corrected chi connectivity index (χ2v) is 5.74. The molecule has 1 heterocycles. The van der Waals surface area contributed by atoms with Crippen LogP contribution in [0.15, 0.2) is 35.9 Å². The summed E-state index contributed by atoms with van der Waals surface area (Å²) in [6.45, 7) is -5.89. The topological polar surface area (TPSA) is 60.5 Å². The Balaban J connectivity index is 1.98. The average molecular weight is 390 g/mol. The highest BCUT2D eigenvalue weighted by Gasteiger charge is 2.12. The number of hydrogen-bond donors (Lipinski definition) is 1. The summed E-state index contributed by atoms with van der Waals surface area (Å²) >= 11 is 1.46. The minimum Gasteiger partial charge on any atom is -0.435 e. The molecule has 0 saturated heterocycles. The third kappa shape index (κ3) is 6.71. The molecule has 1 amide bonds. The molecule has 1 aromatic carbocycles. The van der Waals surface area contributed by atoms with Gasteiger partial charge in [-0.2, -0.15) is 17.6 Å². The lowest BCUT2D eigenvalue weighted by Gasteiger charge is -2.11. The van der Waals surface area contributed by atoms with E-state index in [9.17, 15) is 22.4 Å². The van der Waals surface area contributed by atoms with E-state index in [1.807, 2.05) is 5.38 Å². The third-order valence-electron chi connectivity index (χ3n) is 2.96. The number of carbonyl (C=O) groups excluding carboxylic acids is 1. The molecule has 2 rings (SSSR count). The maximum Gasteiger partial charge on any atom is 0.387 e. The van der Waals surface area contributed by atoms with Crippen molar-refractivity contribution in [2.75, 3.05) is 6.54 Å². The van der Waals surface area contributed by atoms with Gasteiger partial charge in [0.25, 0.3) is 0 Å². The van der Waals surface area contributed by atoms with Gasteiger partial charge in [0.1, 0.15) is 11.5 Å². The Morgan fingerprint density at radius 3 is 2.65 bits per heavy atom. The predicted molar refractivity (Wildman–Crippen MR) is 87.6 cm³/mol. The summed E-state index contributed by atoms with van der Waals surface area (Å²) in [6.07, 6.45) is 4.59. The minimum absolute atomic E-state index is 0.113. The van der Waals surface area contributed by atoms with Crippen LogP contribution in [0.2, 0.25) is 0 Å². The van der Waals surface area contributed by atoms with Gasteiger partial charge in [0, 0.05) is 42.2 Å². The Morgan fingerprint density at radius 1 is 1.23 bits per heavy atom. The fourth-order valence-corrected chi connectivity index (χ4v) is 2.54. The summed E-state index contributed by atoms with van der Waals surface area (Å²) in [5, 5.41) is 5.31. The zero-order valence-electron chi connectivity index (χ0n) is 13.2. The summed E-state index contributed by atoms with van der Waals surface area (Å²) in [4.78, 5) is 15.8. The number of carbonyl (C=O) groups is 1. The second kappa shape index (κ2) is 9.76. The summed E-state index contributed by atoms with van der Waals surface area (Å²) in [5.74, 6) is -1.16. The normalized spacial score (nSPS) is 11.3. The molecule has 0 atom stereocenters. The molecule has 2 aromatic rings. The lowest BCUT2D eigenvalue weighted by molar-refractivity contribution is -0.116. The van der Waals surface area contributed by atoms with Gasteiger partial charge in [-0.1, -0.05) is 0 Å². The number of nitrogens with zero attached hydrogens (tertiary/aromatic N) is 1. The first kappa shape index (κ1) is 19.7. The van der Waals surface area contributed by atoms with Gasteiger partial charge in [0.15, 0.2) is 0 Å². The zero-order chi connectivity index (χ0) is 18.9. The molecule has 0 fully saturated rings. The van der Waals surface area contributed by atoms with E-state index < -0.39 is 19.1 Å². The van der Waals surface area contributed by atoms with Gasteiger partial charge in [-0.15, -0.1) is 11.3 Å². The van der Waals surface area contributed by atoms with Gasteiger partial charge in [-0.25, -0.2) is 4.98 Å². The number of alkyl halides is 4. The second-order valence-electron chi connectivity index (χ2n) is 4.76. The molecule has 140 valence electrons. The summed E-state index contributed by atoms with van der Waals surface area (Å²) in [6, 6.07) is 3.29. The lowest BCUT2D eigenvalue weighted by atomic mass is 10.1. The highest BCUT2D eigenvalue weighted by atomic mass is 32.1. The molecule has 1 aromatic heterocycles. The Labute approximate surface area is 150 Å². The lowest BCUT2D eigenvalue weighted by Crippen LogP contribution is -2.23. The Bertz CT molecular complexity index is 739. The number of hydrogen-bond acceptors (Lipinski definition) is 5. The van der Waals surface area contributed by atoms with Crippen molar-refractivity contribution < 1.29 is 31.8 Å². The van der Waals surface area contributed by atoms with Gasteiger partial charge < -0.3 is 14.8 Å². The van der Waals surface area contributed by atoms with Crippen molar-refractivity contribution in [1.82, 2.24) is 10.3 Å². The van der Waals surface area contributed by atoms with Crippen LogP contribution < -0.4 is 14.8 Å². The molecule has 0 spiro atoms. The Hall–Kier alpha value is -2.62. The molecule has 0 saturated carbocycles. The fraction of sp³-hybridized carbons (Fsp3) is 0.250. The van der Waals surface area contributed by atoms with E-state index in [1.165, 1.54) is 23.5 Å². The van der Waals surface area contributed by atoms with E-state index in [2.05, 4.69) is 19.8 Å². The molecule has 0 unspecified atom stereocenters. The number of nitrogens with one attached hydrogen (secondary N) is 1. The minimum atomic E-state index is -3.16. The van der Waals surface area contributed by atoms with Gasteiger partial charge >= 0.3 is 13.2 Å². The van der Waals surface area contributed by atoms with E-state index in [1.54, 1.807) is 6.20 Å². The van der Waals surface area contributed by atoms with Crippen molar-refractivity contribution in [3.05, 3.63) is 46.4 Å². The van der Waals surface area contributed by atoms with E-state index >= 15 is 0 Å². The van der Waals surface area contributed by atoms with Gasteiger partial charge in [0.05, 0.1) is 5.01 Å². The molecule has 0 aliphatic carbocycles. The standard InChI is InChI=1S/C16H14F4N2O3S/c17-15(18)24-11-3-1-10(12(9-11)25-16(19)20)2-4-13(23)21-6-5-14-22-7-8-26-14/h1-4,7-9,15-16H,5-6H2,(H,21,23)/b4-2+. The van der Waals surface area contributed by atoms with Crippen LogP contribution in [0.1, 0.15) is 10.6 Å². The van der Waals surface area contributed by atoms with Crippen LogP contribution in [0.25, 0.3) is 6.08 Å². The first-order valence-electron chi connectivity index (χ1n) is 7.32. The number of aromatic nitrogens is 1. The maximum atomic E-state index is 12.5. The summed E-state index contributed by atoms with van der Waals surface area (Å²) in [7, 11) is 0. The van der Waals surface area contributed by atoms with Crippen LogP contribution in [0, 0.1) is 0 Å². The quantitative estimate of drug-likeness (QED) is 0.524. The average Bonchev–Trinajstić information content (AvgIpc) is 3.06. The molecule has 0 radical (unpaired) electrons. The molecule has 10 heteroatoms. The largest absolute Gasteiger partial charge is 0.435 e. The van der Waals surface area contributed by atoms with Crippen LogP contribution >= 0.6 is 11.3 Å². The molecule has 1 N–H and O–H groups in total. The van der Waals surface area contributed by atoms with Crippen molar-refractivity contribution in [3.63, 3.8) is 0 Å². The molecule has 0 bridgehead atoms. The first-order valence-corrected chi connectivity index (χ1v) is 8.20. The van der Waals surface area contributed by atoms with E-state index in [4.69, 9.17) is 0 Å². The number of thiazole rings is 1. The fourth-order valence-electron chi connectivity index (χ4n) is 1.92. The van der Waals surface area contributed by atoms with Crippen LogP contribution in [0.5, 0.6) is 11.5 Å². The number of amides is 1.